The maximum Gasteiger partial charge on any atom is 0.123 e. The number of furan rings is 1. The van der Waals surface area contributed by atoms with Gasteiger partial charge in [0.25, 0.3) is 0 Å². The van der Waals surface area contributed by atoms with Gasteiger partial charge in [-0.15, -0.1) is 0 Å². The van der Waals surface area contributed by atoms with Gasteiger partial charge in [0.15, 0.2) is 0 Å². The van der Waals surface area contributed by atoms with Crippen LogP contribution in [0, 0.1) is 0 Å². The summed E-state index contributed by atoms with van der Waals surface area (Å²) >= 11 is 3.50. The van der Waals surface area contributed by atoms with Crippen molar-refractivity contribution in [2.24, 2.45) is 0 Å². The molecule has 5 heteroatoms. The highest BCUT2D eigenvalue weighted by molar-refractivity contribution is 9.10. The van der Waals surface area contributed by atoms with Crippen molar-refractivity contribution in [1.82, 2.24) is 4.98 Å². The van der Waals surface area contributed by atoms with E-state index in [-0.39, 0.29) is 0 Å². The van der Waals surface area contributed by atoms with Crippen molar-refractivity contribution in [1.29, 1.82) is 0 Å². The normalized spacial score (nSPS) is 10.9. The summed E-state index contributed by atoms with van der Waals surface area (Å²) in [6.07, 6.45) is 3.37. The van der Waals surface area contributed by atoms with Crippen LogP contribution in [-0.4, -0.2) is 12.0 Å². The van der Waals surface area contributed by atoms with Crippen LogP contribution < -0.4 is 10.6 Å². The van der Waals surface area contributed by atoms with Crippen LogP contribution in [0.1, 0.15) is 5.76 Å². The van der Waals surface area contributed by atoms with Crippen LogP contribution in [0.25, 0.3) is 10.9 Å². The molecule has 0 bridgehead atoms. The number of anilines is 2. The first-order valence-corrected chi connectivity index (χ1v) is 7.01. The molecule has 0 radical (unpaired) electrons. The van der Waals surface area contributed by atoms with Gasteiger partial charge in [-0.2, -0.15) is 0 Å². The molecular formula is C15H14BrN3O. The topological polar surface area (TPSA) is 55.3 Å². The minimum absolute atomic E-state index is 0.656. The van der Waals surface area contributed by atoms with E-state index in [0.29, 0.717) is 12.2 Å². The van der Waals surface area contributed by atoms with Gasteiger partial charge in [-0.1, -0.05) is 15.9 Å². The van der Waals surface area contributed by atoms with Crippen LogP contribution >= 0.6 is 15.9 Å². The molecule has 0 aliphatic heterocycles. The lowest BCUT2D eigenvalue weighted by molar-refractivity contribution is 0.508. The molecule has 0 unspecified atom stereocenters. The first-order chi connectivity index (χ1) is 9.65. The minimum atomic E-state index is 0.656. The highest BCUT2D eigenvalue weighted by atomic mass is 79.9. The van der Waals surface area contributed by atoms with E-state index >= 15 is 0 Å². The highest BCUT2D eigenvalue weighted by Gasteiger charge is 2.13. The fourth-order valence-electron chi connectivity index (χ4n) is 2.31. The average Bonchev–Trinajstić information content (AvgIpc) is 2.91. The van der Waals surface area contributed by atoms with Gasteiger partial charge in [-0.3, -0.25) is 4.98 Å². The van der Waals surface area contributed by atoms with Gasteiger partial charge in [0.1, 0.15) is 5.76 Å². The van der Waals surface area contributed by atoms with E-state index in [1.54, 1.807) is 12.5 Å². The molecule has 0 spiro atoms. The van der Waals surface area contributed by atoms with E-state index in [1.165, 1.54) is 0 Å². The Morgan fingerprint density at radius 2 is 2.20 bits per heavy atom. The van der Waals surface area contributed by atoms with E-state index in [9.17, 15) is 0 Å². The van der Waals surface area contributed by atoms with Crippen LogP contribution in [0.2, 0.25) is 0 Å². The monoisotopic (exact) mass is 331 g/mol. The van der Waals surface area contributed by atoms with Crippen molar-refractivity contribution in [2.45, 2.75) is 6.54 Å². The number of pyridine rings is 1. The third kappa shape index (κ3) is 2.36. The van der Waals surface area contributed by atoms with E-state index in [0.717, 1.165) is 26.8 Å². The van der Waals surface area contributed by atoms with Crippen molar-refractivity contribution >= 4 is 38.2 Å². The van der Waals surface area contributed by atoms with Crippen molar-refractivity contribution in [3.05, 3.63) is 53.0 Å². The second kappa shape index (κ2) is 5.17. The van der Waals surface area contributed by atoms with Gasteiger partial charge in [-0.05, 0) is 30.3 Å². The zero-order valence-corrected chi connectivity index (χ0v) is 12.6. The molecule has 0 atom stereocenters. The standard InChI is InChI=1S/C15H14BrN3O/c1-19(9-11-3-2-6-20-11)15-12-7-10(16)4-5-14(12)18-8-13(15)17/h2-8H,9,17H2,1H3. The molecule has 0 fully saturated rings. The summed E-state index contributed by atoms with van der Waals surface area (Å²) in [5.41, 5.74) is 8.66. The number of benzene rings is 1. The zero-order valence-electron chi connectivity index (χ0n) is 11.0. The fourth-order valence-corrected chi connectivity index (χ4v) is 2.67. The van der Waals surface area contributed by atoms with Crippen LogP contribution in [-0.2, 0) is 6.54 Å². The Bertz CT molecular complexity index is 735. The second-order valence-corrected chi connectivity index (χ2v) is 5.57. The Kier molecular flexibility index (Phi) is 3.36. The fraction of sp³-hybridized carbons (Fsp3) is 0.133. The largest absolute Gasteiger partial charge is 0.467 e. The molecule has 0 saturated heterocycles. The molecule has 2 N–H and O–H groups in total. The minimum Gasteiger partial charge on any atom is -0.467 e. The molecule has 20 heavy (non-hydrogen) atoms. The smallest absolute Gasteiger partial charge is 0.123 e. The lowest BCUT2D eigenvalue weighted by Crippen LogP contribution is -2.18. The SMILES string of the molecule is CN(Cc1ccco1)c1c(N)cnc2ccc(Br)cc12. The third-order valence-electron chi connectivity index (χ3n) is 3.18. The number of nitrogen functional groups attached to an aromatic ring is 1. The van der Waals surface area contributed by atoms with Gasteiger partial charge in [-0.25, -0.2) is 0 Å². The number of rotatable bonds is 3. The summed E-state index contributed by atoms with van der Waals surface area (Å²) in [5.74, 6) is 0.895. The molecular weight excluding hydrogens is 318 g/mol. The number of nitrogens with zero attached hydrogens (tertiary/aromatic N) is 2. The third-order valence-corrected chi connectivity index (χ3v) is 3.68. The molecule has 1 aromatic carbocycles. The predicted molar refractivity (Wildman–Crippen MR) is 84.7 cm³/mol. The number of nitrogens with two attached hydrogens (primary N) is 1. The number of halogens is 1. The molecule has 0 amide bonds. The van der Waals surface area contributed by atoms with Crippen molar-refractivity contribution < 1.29 is 4.42 Å². The Morgan fingerprint density at radius 1 is 1.35 bits per heavy atom. The van der Waals surface area contributed by atoms with Crippen LogP contribution in [0.5, 0.6) is 0 Å². The Balaban J connectivity index is 2.09. The first kappa shape index (κ1) is 13.0. The summed E-state index contributed by atoms with van der Waals surface area (Å²) < 4.78 is 6.40. The van der Waals surface area contributed by atoms with Gasteiger partial charge >= 0.3 is 0 Å². The Hall–Kier alpha value is -2.01. The van der Waals surface area contributed by atoms with E-state index in [1.807, 2.05) is 37.4 Å². The first-order valence-electron chi connectivity index (χ1n) is 6.22. The highest BCUT2D eigenvalue weighted by Crippen LogP contribution is 2.33. The van der Waals surface area contributed by atoms with E-state index in [4.69, 9.17) is 10.2 Å². The average molecular weight is 332 g/mol. The Labute approximate surface area is 125 Å². The summed E-state index contributed by atoms with van der Waals surface area (Å²) in [6, 6.07) is 9.82. The predicted octanol–water partition coefficient (Wildman–Crippen LogP) is 3.81. The maximum absolute atomic E-state index is 6.12. The molecule has 3 rings (SSSR count). The van der Waals surface area contributed by atoms with E-state index < -0.39 is 0 Å². The number of fused-ring (bicyclic) bond motifs is 1. The van der Waals surface area contributed by atoms with Crippen LogP contribution in [0.4, 0.5) is 11.4 Å². The second-order valence-electron chi connectivity index (χ2n) is 4.66. The molecule has 0 saturated carbocycles. The number of aromatic nitrogens is 1. The molecule has 102 valence electrons. The van der Waals surface area contributed by atoms with E-state index in [2.05, 4.69) is 25.8 Å². The zero-order chi connectivity index (χ0) is 14.1. The summed E-state index contributed by atoms with van der Waals surface area (Å²) in [4.78, 5) is 6.44. The molecule has 4 nitrogen and oxygen atoms in total. The molecule has 0 aliphatic rings. The van der Waals surface area contributed by atoms with Gasteiger partial charge in [0.2, 0.25) is 0 Å². The summed E-state index contributed by atoms with van der Waals surface area (Å²) in [7, 11) is 1.99. The lowest BCUT2D eigenvalue weighted by atomic mass is 10.1. The molecule has 2 aromatic heterocycles. The van der Waals surface area contributed by atoms with Crippen molar-refractivity contribution in [2.75, 3.05) is 17.7 Å². The quantitative estimate of drug-likeness (QED) is 0.792. The lowest BCUT2D eigenvalue weighted by Gasteiger charge is -2.21. The van der Waals surface area contributed by atoms with Crippen molar-refractivity contribution in [3.8, 4) is 0 Å². The summed E-state index contributed by atoms with van der Waals surface area (Å²) in [5, 5.41) is 1.02. The maximum atomic E-state index is 6.12. The van der Waals surface area contributed by atoms with Crippen LogP contribution in [0.3, 0.4) is 0 Å². The Morgan fingerprint density at radius 3 is 2.95 bits per heavy atom. The summed E-state index contributed by atoms with van der Waals surface area (Å²) in [6.45, 7) is 0.656. The van der Waals surface area contributed by atoms with Gasteiger partial charge in [0, 0.05) is 16.9 Å². The number of hydrogen-bond acceptors (Lipinski definition) is 4. The molecule has 3 aromatic rings. The number of hydrogen-bond donors (Lipinski definition) is 1. The van der Waals surface area contributed by atoms with Crippen LogP contribution in [0.15, 0.2) is 51.7 Å². The van der Waals surface area contributed by atoms with Gasteiger partial charge < -0.3 is 15.1 Å². The molecule has 0 aliphatic carbocycles. The van der Waals surface area contributed by atoms with Gasteiger partial charge in [0.05, 0.1) is 35.9 Å². The molecule has 2 heterocycles. The van der Waals surface area contributed by atoms with Crippen molar-refractivity contribution in [3.63, 3.8) is 0 Å².